The topological polar surface area (TPSA) is 144 Å². The maximum atomic E-state index is 11.6. The number of carbonyl (C=O) groups excluding carboxylic acids is 3. The molecule has 1 rings (SSSR count). The number of hydrogen-bond donors (Lipinski definition) is 3. The molecule has 3 N–H and O–H groups in total. The zero-order chi connectivity index (χ0) is 15.4. The van der Waals surface area contributed by atoms with E-state index in [1.807, 2.05) is 5.32 Å². The van der Waals surface area contributed by atoms with Crippen LogP contribution in [0.2, 0.25) is 0 Å². The van der Waals surface area contributed by atoms with Gasteiger partial charge in [-0.05, 0) is 0 Å². The molecule has 0 aromatic rings. The molecule has 1 heterocycles. The van der Waals surface area contributed by atoms with Crippen LogP contribution < -0.4 is 5.32 Å². The second-order valence-corrected chi connectivity index (χ2v) is 4.17. The van der Waals surface area contributed by atoms with Gasteiger partial charge in [0.2, 0.25) is 5.91 Å². The van der Waals surface area contributed by atoms with E-state index < -0.39 is 48.8 Å². The predicted octanol–water partition coefficient (Wildman–Crippen LogP) is -2.08. The van der Waals surface area contributed by atoms with Crippen molar-refractivity contribution in [1.29, 1.82) is 0 Å². The lowest BCUT2D eigenvalue weighted by Gasteiger charge is -2.16. The predicted molar refractivity (Wildman–Crippen MR) is 61.6 cm³/mol. The molecule has 0 saturated carbocycles. The molecule has 110 valence electrons. The molecule has 1 fully saturated rings. The van der Waals surface area contributed by atoms with Crippen molar-refractivity contribution < 1.29 is 34.2 Å². The Morgan fingerprint density at radius 1 is 1.30 bits per heavy atom. The summed E-state index contributed by atoms with van der Waals surface area (Å²) in [7, 11) is 1.38. The Kier molecular flexibility index (Phi) is 4.62. The average molecular weight is 287 g/mol. The van der Waals surface area contributed by atoms with Gasteiger partial charge in [0, 0.05) is 7.05 Å². The number of nitrogens with one attached hydrogen (secondary N) is 1. The van der Waals surface area contributed by atoms with Gasteiger partial charge in [-0.2, -0.15) is 0 Å². The first-order valence-corrected chi connectivity index (χ1v) is 5.51. The Morgan fingerprint density at radius 2 is 1.90 bits per heavy atom. The molecule has 0 radical (unpaired) electrons. The third-order valence-electron chi connectivity index (χ3n) is 2.54. The molecule has 4 amide bonds. The summed E-state index contributed by atoms with van der Waals surface area (Å²) in [5.41, 5.74) is 0. The summed E-state index contributed by atoms with van der Waals surface area (Å²) >= 11 is 0. The minimum Gasteiger partial charge on any atom is -0.481 e. The molecule has 0 aromatic carbocycles. The number of urea groups is 1. The summed E-state index contributed by atoms with van der Waals surface area (Å²) in [5, 5.41) is 19.2. The van der Waals surface area contributed by atoms with Gasteiger partial charge in [-0.15, -0.1) is 0 Å². The molecule has 0 bridgehead atoms. The molecule has 0 spiro atoms. The largest absolute Gasteiger partial charge is 0.481 e. The number of hydrogen-bond acceptors (Lipinski definition) is 5. The smallest absolute Gasteiger partial charge is 0.327 e. The number of carboxylic acids is 2. The maximum absolute atomic E-state index is 11.6. The van der Waals surface area contributed by atoms with Crippen LogP contribution in [-0.4, -0.2) is 76.0 Å². The summed E-state index contributed by atoms with van der Waals surface area (Å²) in [5.74, 6) is -4.42. The van der Waals surface area contributed by atoms with E-state index in [0.717, 1.165) is 4.90 Å². The summed E-state index contributed by atoms with van der Waals surface area (Å²) in [6.45, 7) is -0.811. The average Bonchev–Trinajstić information content (AvgIpc) is 2.54. The van der Waals surface area contributed by atoms with Gasteiger partial charge in [-0.3, -0.25) is 19.3 Å². The van der Waals surface area contributed by atoms with Gasteiger partial charge in [0.15, 0.2) is 0 Å². The van der Waals surface area contributed by atoms with Crippen molar-refractivity contribution in [2.45, 2.75) is 12.5 Å². The van der Waals surface area contributed by atoms with Gasteiger partial charge < -0.3 is 20.4 Å². The zero-order valence-electron chi connectivity index (χ0n) is 10.5. The Balaban J connectivity index is 2.62. The Labute approximate surface area is 112 Å². The minimum absolute atomic E-state index is 0.163. The summed E-state index contributed by atoms with van der Waals surface area (Å²) < 4.78 is 0. The first-order chi connectivity index (χ1) is 9.22. The van der Waals surface area contributed by atoms with E-state index in [4.69, 9.17) is 10.2 Å². The van der Waals surface area contributed by atoms with E-state index >= 15 is 0 Å². The molecular weight excluding hydrogens is 274 g/mol. The van der Waals surface area contributed by atoms with Crippen LogP contribution in [0.15, 0.2) is 0 Å². The monoisotopic (exact) mass is 287 g/mol. The lowest BCUT2D eigenvalue weighted by atomic mass is 10.2. The molecule has 0 unspecified atom stereocenters. The van der Waals surface area contributed by atoms with Crippen molar-refractivity contribution in [1.82, 2.24) is 15.1 Å². The lowest BCUT2D eigenvalue weighted by molar-refractivity contribution is -0.147. The van der Waals surface area contributed by atoms with Crippen LogP contribution in [0.5, 0.6) is 0 Å². The van der Waals surface area contributed by atoms with Gasteiger partial charge >= 0.3 is 18.0 Å². The lowest BCUT2D eigenvalue weighted by Crippen LogP contribution is -2.47. The molecule has 0 aliphatic carbocycles. The quantitative estimate of drug-likeness (QED) is 0.475. The van der Waals surface area contributed by atoms with Crippen molar-refractivity contribution in [3.05, 3.63) is 0 Å². The molecule has 1 aliphatic heterocycles. The number of rotatable bonds is 6. The number of imide groups is 1. The van der Waals surface area contributed by atoms with Gasteiger partial charge in [-0.25, -0.2) is 9.59 Å². The molecular formula is C10H13N3O7. The summed E-state index contributed by atoms with van der Waals surface area (Å²) in [6, 6.07) is -2.29. The van der Waals surface area contributed by atoms with E-state index in [0.29, 0.717) is 4.90 Å². The summed E-state index contributed by atoms with van der Waals surface area (Å²) in [6.07, 6.45) is -0.803. The second-order valence-electron chi connectivity index (χ2n) is 4.17. The third kappa shape index (κ3) is 3.67. The van der Waals surface area contributed by atoms with Crippen molar-refractivity contribution in [3.8, 4) is 0 Å². The fourth-order valence-electron chi connectivity index (χ4n) is 1.58. The molecule has 0 aromatic heterocycles. The van der Waals surface area contributed by atoms with E-state index in [2.05, 4.69) is 0 Å². The Bertz CT molecular complexity index is 475. The fourth-order valence-corrected chi connectivity index (χ4v) is 1.58. The standard InChI is InChI=1S/C10H13N3O7/c1-12-4-7(15)13(10(12)20)3-6(14)11-5(9(18)19)2-8(16)17/h5H,2-4H2,1H3,(H,11,14)(H,16,17)(H,18,19)/t5-/m0/s1. The number of nitrogens with zero attached hydrogens (tertiary/aromatic N) is 2. The second kappa shape index (κ2) is 5.99. The molecule has 1 saturated heterocycles. The summed E-state index contributed by atoms with van der Waals surface area (Å²) in [4.78, 5) is 57.4. The molecule has 10 nitrogen and oxygen atoms in total. The minimum atomic E-state index is -1.62. The number of likely N-dealkylation sites (N-methyl/N-ethyl adjacent to an activating group) is 1. The highest BCUT2D eigenvalue weighted by atomic mass is 16.4. The van der Waals surface area contributed by atoms with E-state index in [1.54, 1.807) is 0 Å². The van der Waals surface area contributed by atoms with Crippen LogP contribution in [0.25, 0.3) is 0 Å². The van der Waals surface area contributed by atoms with Crippen LogP contribution in [-0.2, 0) is 19.2 Å². The highest BCUT2D eigenvalue weighted by Crippen LogP contribution is 2.07. The number of carbonyl (C=O) groups is 5. The van der Waals surface area contributed by atoms with Crippen LogP contribution >= 0.6 is 0 Å². The first-order valence-electron chi connectivity index (χ1n) is 5.51. The first kappa shape index (κ1) is 15.4. The van der Waals surface area contributed by atoms with Crippen LogP contribution in [0.3, 0.4) is 0 Å². The van der Waals surface area contributed by atoms with Crippen LogP contribution in [0, 0.1) is 0 Å². The van der Waals surface area contributed by atoms with Gasteiger partial charge in [0.25, 0.3) is 5.91 Å². The fraction of sp³-hybridized carbons (Fsp3) is 0.500. The molecule has 1 atom stereocenters. The van der Waals surface area contributed by atoms with Gasteiger partial charge in [0.1, 0.15) is 19.1 Å². The van der Waals surface area contributed by atoms with Crippen molar-refractivity contribution in [2.75, 3.05) is 20.1 Å². The SMILES string of the molecule is CN1CC(=O)N(CC(=O)N[C@@H](CC(=O)O)C(=O)O)C1=O. The normalized spacial score (nSPS) is 16.2. The van der Waals surface area contributed by atoms with Crippen LogP contribution in [0.4, 0.5) is 4.79 Å². The zero-order valence-corrected chi connectivity index (χ0v) is 10.5. The van der Waals surface area contributed by atoms with Crippen LogP contribution in [0.1, 0.15) is 6.42 Å². The molecule has 1 aliphatic rings. The third-order valence-corrected chi connectivity index (χ3v) is 2.54. The van der Waals surface area contributed by atoms with E-state index in [1.165, 1.54) is 7.05 Å². The van der Waals surface area contributed by atoms with E-state index in [-0.39, 0.29) is 6.54 Å². The Hall–Kier alpha value is -2.65. The number of carboxylic acid groups (broad SMARTS) is 2. The van der Waals surface area contributed by atoms with Gasteiger partial charge in [0.05, 0.1) is 6.42 Å². The van der Waals surface area contributed by atoms with Crippen molar-refractivity contribution in [3.63, 3.8) is 0 Å². The molecule has 20 heavy (non-hydrogen) atoms. The van der Waals surface area contributed by atoms with E-state index in [9.17, 15) is 24.0 Å². The van der Waals surface area contributed by atoms with Gasteiger partial charge in [-0.1, -0.05) is 0 Å². The van der Waals surface area contributed by atoms with Crippen molar-refractivity contribution in [2.24, 2.45) is 0 Å². The maximum Gasteiger partial charge on any atom is 0.327 e. The Morgan fingerprint density at radius 3 is 2.30 bits per heavy atom. The highest BCUT2D eigenvalue weighted by molar-refractivity contribution is 6.04. The highest BCUT2D eigenvalue weighted by Gasteiger charge is 2.35. The van der Waals surface area contributed by atoms with Crippen molar-refractivity contribution >= 4 is 29.8 Å². The number of amides is 4. The molecule has 10 heteroatoms. The number of aliphatic carboxylic acids is 2.